The highest BCUT2D eigenvalue weighted by molar-refractivity contribution is 5.78. The molecule has 160 valence electrons. The SMILES string of the molecule is Nc1ncccc1CN1CCC(N2CCCC(C(=O)NCc3ccccn3)C2)CC1. The number of piperidine rings is 2. The van der Waals surface area contributed by atoms with Gasteiger partial charge in [-0.1, -0.05) is 12.1 Å². The third-order valence-electron chi connectivity index (χ3n) is 6.39. The molecule has 3 N–H and O–H groups in total. The zero-order valence-electron chi connectivity index (χ0n) is 17.5. The normalized spacial score (nSPS) is 21.4. The molecule has 4 rings (SSSR count). The minimum absolute atomic E-state index is 0.0793. The van der Waals surface area contributed by atoms with E-state index in [2.05, 4.69) is 31.2 Å². The van der Waals surface area contributed by atoms with E-state index in [1.807, 2.05) is 24.3 Å². The lowest BCUT2D eigenvalue weighted by molar-refractivity contribution is -0.127. The summed E-state index contributed by atoms with van der Waals surface area (Å²) in [5, 5.41) is 3.08. The van der Waals surface area contributed by atoms with Crippen LogP contribution in [0.3, 0.4) is 0 Å². The van der Waals surface area contributed by atoms with Crippen LogP contribution in [0, 0.1) is 5.92 Å². The van der Waals surface area contributed by atoms with Crippen molar-refractivity contribution in [1.82, 2.24) is 25.1 Å². The number of hydrogen-bond acceptors (Lipinski definition) is 6. The molecule has 1 unspecified atom stereocenters. The van der Waals surface area contributed by atoms with Crippen LogP contribution in [0.2, 0.25) is 0 Å². The molecular weight excluding hydrogens is 376 g/mol. The predicted molar refractivity (Wildman–Crippen MR) is 117 cm³/mol. The van der Waals surface area contributed by atoms with Crippen LogP contribution in [-0.4, -0.2) is 57.9 Å². The Morgan fingerprint density at radius 1 is 1.07 bits per heavy atom. The summed E-state index contributed by atoms with van der Waals surface area (Å²) >= 11 is 0. The predicted octanol–water partition coefficient (Wildman–Crippen LogP) is 2.05. The number of anilines is 1. The van der Waals surface area contributed by atoms with Crippen LogP contribution in [0.5, 0.6) is 0 Å². The van der Waals surface area contributed by atoms with Crippen molar-refractivity contribution in [2.75, 3.05) is 31.9 Å². The fraction of sp³-hybridized carbons (Fsp3) is 0.522. The molecule has 4 heterocycles. The first kappa shape index (κ1) is 20.8. The Kier molecular flexibility index (Phi) is 6.92. The number of nitrogens with two attached hydrogens (primary N) is 1. The Labute approximate surface area is 178 Å². The van der Waals surface area contributed by atoms with E-state index in [4.69, 9.17) is 5.73 Å². The molecule has 0 spiro atoms. The van der Waals surface area contributed by atoms with Crippen LogP contribution >= 0.6 is 0 Å². The second-order valence-corrected chi connectivity index (χ2v) is 8.43. The molecule has 1 atom stereocenters. The number of carbonyl (C=O) groups excluding carboxylic acids is 1. The number of nitrogens with one attached hydrogen (secondary N) is 1. The summed E-state index contributed by atoms with van der Waals surface area (Å²) in [5.41, 5.74) is 8.01. The maximum absolute atomic E-state index is 12.7. The number of hydrogen-bond donors (Lipinski definition) is 2. The Morgan fingerprint density at radius 2 is 1.90 bits per heavy atom. The summed E-state index contributed by atoms with van der Waals surface area (Å²) in [6, 6.07) is 10.4. The van der Waals surface area contributed by atoms with E-state index >= 15 is 0 Å². The molecule has 30 heavy (non-hydrogen) atoms. The third kappa shape index (κ3) is 5.34. The van der Waals surface area contributed by atoms with Crippen LogP contribution in [0.25, 0.3) is 0 Å². The molecule has 0 radical (unpaired) electrons. The van der Waals surface area contributed by atoms with Gasteiger partial charge in [0.05, 0.1) is 18.2 Å². The molecule has 2 aromatic rings. The van der Waals surface area contributed by atoms with E-state index in [0.717, 1.165) is 69.7 Å². The number of carbonyl (C=O) groups is 1. The standard InChI is InChI=1S/C23H32N6O/c24-22-18(5-3-11-26-22)16-28-13-8-21(9-14-28)29-12-4-6-19(17-29)23(30)27-15-20-7-1-2-10-25-20/h1-3,5,7,10-11,19,21H,4,6,8-9,12-17H2,(H2,24,26)(H,27,30). The van der Waals surface area contributed by atoms with Gasteiger partial charge >= 0.3 is 0 Å². The molecule has 2 aromatic heterocycles. The van der Waals surface area contributed by atoms with Crippen LogP contribution in [0.1, 0.15) is 36.9 Å². The summed E-state index contributed by atoms with van der Waals surface area (Å²) in [5.74, 6) is 0.876. The average Bonchev–Trinajstić information content (AvgIpc) is 2.80. The van der Waals surface area contributed by atoms with Gasteiger partial charge in [-0.2, -0.15) is 0 Å². The van der Waals surface area contributed by atoms with Gasteiger partial charge in [0, 0.05) is 37.1 Å². The number of nitrogens with zero attached hydrogens (tertiary/aromatic N) is 4. The molecule has 0 bridgehead atoms. The van der Waals surface area contributed by atoms with Gasteiger partial charge in [0.25, 0.3) is 0 Å². The molecule has 2 aliphatic rings. The van der Waals surface area contributed by atoms with Crippen molar-refractivity contribution in [1.29, 1.82) is 0 Å². The topological polar surface area (TPSA) is 87.4 Å². The number of rotatable bonds is 6. The fourth-order valence-corrected chi connectivity index (χ4v) is 4.64. The Morgan fingerprint density at radius 3 is 2.67 bits per heavy atom. The maximum Gasteiger partial charge on any atom is 0.224 e. The first-order valence-electron chi connectivity index (χ1n) is 11.0. The molecular formula is C23H32N6O. The molecule has 7 heteroatoms. The van der Waals surface area contributed by atoms with Crippen molar-refractivity contribution in [2.45, 2.75) is 44.8 Å². The minimum Gasteiger partial charge on any atom is -0.383 e. The summed E-state index contributed by atoms with van der Waals surface area (Å²) in [4.78, 5) is 26.2. The van der Waals surface area contributed by atoms with Crippen LogP contribution < -0.4 is 11.1 Å². The van der Waals surface area contributed by atoms with Gasteiger partial charge in [-0.15, -0.1) is 0 Å². The molecule has 0 aliphatic carbocycles. The van der Waals surface area contributed by atoms with Crippen LogP contribution in [-0.2, 0) is 17.9 Å². The number of aromatic nitrogens is 2. The summed E-state index contributed by atoms with van der Waals surface area (Å²) < 4.78 is 0. The molecule has 2 aliphatic heterocycles. The lowest BCUT2D eigenvalue weighted by Crippen LogP contribution is -2.50. The van der Waals surface area contributed by atoms with Gasteiger partial charge in [-0.05, 0) is 63.5 Å². The number of nitrogen functional groups attached to an aromatic ring is 1. The Hall–Kier alpha value is -2.51. The van der Waals surface area contributed by atoms with Gasteiger partial charge < -0.3 is 11.1 Å². The maximum atomic E-state index is 12.7. The third-order valence-corrected chi connectivity index (χ3v) is 6.39. The Bertz CT molecular complexity index is 821. The Balaban J connectivity index is 1.24. The van der Waals surface area contributed by atoms with E-state index in [1.54, 1.807) is 12.4 Å². The first-order valence-corrected chi connectivity index (χ1v) is 11.0. The highest BCUT2D eigenvalue weighted by atomic mass is 16.1. The van der Waals surface area contributed by atoms with Crippen LogP contribution in [0.15, 0.2) is 42.7 Å². The van der Waals surface area contributed by atoms with Crippen LogP contribution in [0.4, 0.5) is 5.82 Å². The average molecular weight is 409 g/mol. The second-order valence-electron chi connectivity index (χ2n) is 8.43. The number of amides is 1. The van der Waals surface area contributed by atoms with Crippen molar-refractivity contribution in [3.05, 3.63) is 54.0 Å². The number of likely N-dealkylation sites (tertiary alicyclic amines) is 2. The van der Waals surface area contributed by atoms with E-state index in [-0.39, 0.29) is 11.8 Å². The first-order chi connectivity index (χ1) is 14.7. The fourth-order valence-electron chi connectivity index (χ4n) is 4.64. The molecule has 0 saturated carbocycles. The van der Waals surface area contributed by atoms with Crippen molar-refractivity contribution >= 4 is 11.7 Å². The van der Waals surface area contributed by atoms with E-state index in [0.29, 0.717) is 18.4 Å². The summed E-state index contributed by atoms with van der Waals surface area (Å²) in [6.07, 6.45) is 7.85. The molecule has 7 nitrogen and oxygen atoms in total. The van der Waals surface area contributed by atoms with Gasteiger partial charge in [0.15, 0.2) is 0 Å². The van der Waals surface area contributed by atoms with Gasteiger partial charge in [0.2, 0.25) is 5.91 Å². The summed E-state index contributed by atoms with van der Waals surface area (Å²) in [7, 11) is 0. The van der Waals surface area contributed by atoms with Gasteiger partial charge in [0.1, 0.15) is 5.82 Å². The summed E-state index contributed by atoms with van der Waals surface area (Å²) in [6.45, 7) is 5.47. The van der Waals surface area contributed by atoms with Gasteiger partial charge in [-0.3, -0.25) is 19.6 Å². The zero-order valence-corrected chi connectivity index (χ0v) is 17.5. The zero-order chi connectivity index (χ0) is 20.8. The molecule has 2 saturated heterocycles. The lowest BCUT2D eigenvalue weighted by atomic mass is 9.93. The van der Waals surface area contributed by atoms with E-state index in [9.17, 15) is 4.79 Å². The smallest absolute Gasteiger partial charge is 0.224 e. The molecule has 2 fully saturated rings. The monoisotopic (exact) mass is 408 g/mol. The van der Waals surface area contributed by atoms with Gasteiger partial charge in [-0.25, -0.2) is 4.98 Å². The molecule has 0 aromatic carbocycles. The van der Waals surface area contributed by atoms with Crippen molar-refractivity contribution in [2.24, 2.45) is 5.92 Å². The quantitative estimate of drug-likeness (QED) is 0.761. The van der Waals surface area contributed by atoms with Crippen molar-refractivity contribution in [3.63, 3.8) is 0 Å². The van der Waals surface area contributed by atoms with E-state index in [1.165, 1.54) is 0 Å². The van der Waals surface area contributed by atoms with Crippen molar-refractivity contribution in [3.8, 4) is 0 Å². The lowest BCUT2D eigenvalue weighted by Gasteiger charge is -2.42. The minimum atomic E-state index is 0.0793. The molecule has 1 amide bonds. The second kappa shape index (κ2) is 10.00. The highest BCUT2D eigenvalue weighted by Crippen LogP contribution is 2.25. The largest absolute Gasteiger partial charge is 0.383 e. The van der Waals surface area contributed by atoms with Crippen molar-refractivity contribution < 1.29 is 4.79 Å². The number of pyridine rings is 2. The highest BCUT2D eigenvalue weighted by Gasteiger charge is 2.31. The van der Waals surface area contributed by atoms with E-state index < -0.39 is 0 Å².